The topological polar surface area (TPSA) is 115 Å². The van der Waals surface area contributed by atoms with Crippen LogP contribution < -0.4 is 10.6 Å². The fraction of sp³-hybridized carbons (Fsp3) is 0.0385. The normalized spacial score (nSPS) is 14.6. The third kappa shape index (κ3) is 5.01. The van der Waals surface area contributed by atoms with Crippen LogP contribution in [0.2, 0.25) is 5.02 Å². The molecule has 10 heteroatoms. The summed E-state index contributed by atoms with van der Waals surface area (Å²) in [6, 6.07) is 23.0. The summed E-state index contributed by atoms with van der Waals surface area (Å²) >= 11 is 6.09. The van der Waals surface area contributed by atoms with E-state index in [9.17, 15) is 14.9 Å². The van der Waals surface area contributed by atoms with Crippen molar-refractivity contribution in [3.63, 3.8) is 0 Å². The highest BCUT2D eigenvalue weighted by Gasteiger charge is 2.25. The molecule has 1 aromatic heterocycles. The predicted molar refractivity (Wildman–Crippen MR) is 138 cm³/mol. The number of nitro benzene ring substituents is 1. The number of nitrogens with zero attached hydrogens (tertiary/aromatic N) is 4. The molecular formula is C26H19ClN6O3. The number of fused-ring (bicyclic) bond motifs is 1. The van der Waals surface area contributed by atoms with Gasteiger partial charge in [0.2, 0.25) is 5.95 Å². The molecule has 36 heavy (non-hydrogen) atoms. The standard InChI is InChI=1S/C26H19ClN6O3/c27-20-12-10-19(11-13-20)23-16-22(18-6-2-1-3-7-18)28-26-30-25(31-32(23)26)29-24(34)14-9-17-5-4-8-21(15-17)33(35)36/h1-16,23H,(H2,28,29,30,31,34)/b14-9+. The maximum Gasteiger partial charge on any atom is 0.270 e. The van der Waals surface area contributed by atoms with E-state index in [1.807, 2.05) is 60.7 Å². The number of carbonyl (C=O) groups excluding carboxylic acids is 1. The number of halogens is 1. The fourth-order valence-electron chi connectivity index (χ4n) is 3.80. The number of hydrogen-bond donors (Lipinski definition) is 2. The number of rotatable bonds is 6. The van der Waals surface area contributed by atoms with E-state index in [-0.39, 0.29) is 17.7 Å². The molecule has 1 atom stereocenters. The van der Waals surface area contributed by atoms with Gasteiger partial charge in [0, 0.05) is 28.9 Å². The zero-order valence-electron chi connectivity index (χ0n) is 18.7. The van der Waals surface area contributed by atoms with Gasteiger partial charge in [-0.2, -0.15) is 4.98 Å². The Labute approximate surface area is 210 Å². The fourth-order valence-corrected chi connectivity index (χ4v) is 3.92. The first-order valence-electron chi connectivity index (χ1n) is 11.0. The largest absolute Gasteiger partial charge is 0.324 e. The van der Waals surface area contributed by atoms with Gasteiger partial charge in [-0.25, -0.2) is 4.68 Å². The van der Waals surface area contributed by atoms with E-state index in [1.165, 1.54) is 24.3 Å². The minimum Gasteiger partial charge on any atom is -0.324 e. The number of anilines is 2. The lowest BCUT2D eigenvalue weighted by molar-refractivity contribution is -0.384. The van der Waals surface area contributed by atoms with Crippen molar-refractivity contribution in [1.29, 1.82) is 0 Å². The molecule has 1 unspecified atom stereocenters. The summed E-state index contributed by atoms with van der Waals surface area (Å²) in [6.45, 7) is 0. The smallest absolute Gasteiger partial charge is 0.270 e. The number of benzene rings is 3. The van der Waals surface area contributed by atoms with Gasteiger partial charge < -0.3 is 5.32 Å². The molecule has 0 fully saturated rings. The van der Waals surface area contributed by atoms with Gasteiger partial charge in [-0.1, -0.05) is 66.2 Å². The minimum absolute atomic E-state index is 0.0537. The maximum absolute atomic E-state index is 12.5. The minimum atomic E-state index is -0.487. The predicted octanol–water partition coefficient (Wildman–Crippen LogP) is 5.55. The highest BCUT2D eigenvalue weighted by atomic mass is 35.5. The van der Waals surface area contributed by atoms with Crippen LogP contribution in [0.25, 0.3) is 11.8 Å². The highest BCUT2D eigenvalue weighted by Crippen LogP contribution is 2.33. The summed E-state index contributed by atoms with van der Waals surface area (Å²) in [7, 11) is 0. The number of amides is 1. The van der Waals surface area contributed by atoms with Crippen molar-refractivity contribution in [3.05, 3.63) is 123 Å². The van der Waals surface area contributed by atoms with Crippen LogP contribution in [0.1, 0.15) is 22.7 Å². The molecule has 3 aromatic carbocycles. The second-order valence-corrected chi connectivity index (χ2v) is 8.38. The first kappa shape index (κ1) is 23.0. The van der Waals surface area contributed by atoms with E-state index in [1.54, 1.807) is 16.8 Å². The van der Waals surface area contributed by atoms with Gasteiger partial charge in [-0.3, -0.25) is 20.2 Å². The molecule has 9 nitrogen and oxygen atoms in total. The Morgan fingerprint density at radius 3 is 2.61 bits per heavy atom. The van der Waals surface area contributed by atoms with E-state index < -0.39 is 10.8 Å². The average Bonchev–Trinajstić information content (AvgIpc) is 3.30. The molecule has 2 N–H and O–H groups in total. The third-order valence-corrected chi connectivity index (χ3v) is 5.76. The van der Waals surface area contributed by atoms with Crippen LogP contribution in [0.4, 0.5) is 17.6 Å². The van der Waals surface area contributed by atoms with Gasteiger partial charge in [0.05, 0.1) is 4.92 Å². The lowest BCUT2D eigenvalue weighted by atomic mass is 10.0. The van der Waals surface area contributed by atoms with Crippen molar-refractivity contribution in [3.8, 4) is 0 Å². The van der Waals surface area contributed by atoms with Crippen molar-refractivity contribution in [2.24, 2.45) is 0 Å². The number of nitro groups is 1. The second-order valence-electron chi connectivity index (χ2n) is 7.95. The number of non-ortho nitro benzene ring substituents is 1. The van der Waals surface area contributed by atoms with Crippen molar-refractivity contribution in [2.45, 2.75) is 6.04 Å². The molecule has 1 amide bonds. The van der Waals surface area contributed by atoms with Gasteiger partial charge in [0.1, 0.15) is 6.04 Å². The van der Waals surface area contributed by atoms with Gasteiger partial charge in [0.15, 0.2) is 0 Å². The number of carbonyl (C=O) groups is 1. The van der Waals surface area contributed by atoms with Crippen LogP contribution in [-0.2, 0) is 4.79 Å². The van der Waals surface area contributed by atoms with E-state index in [2.05, 4.69) is 20.7 Å². The molecule has 0 aliphatic carbocycles. The Hall–Kier alpha value is -4.76. The number of allylic oxidation sites excluding steroid dienone is 1. The van der Waals surface area contributed by atoms with E-state index in [0.717, 1.165) is 16.8 Å². The molecule has 1 aliphatic heterocycles. The number of hydrogen-bond acceptors (Lipinski definition) is 6. The van der Waals surface area contributed by atoms with Crippen LogP contribution in [0.15, 0.2) is 91.0 Å². The second kappa shape index (κ2) is 9.85. The summed E-state index contributed by atoms with van der Waals surface area (Å²) in [5, 5.41) is 22.0. The lowest BCUT2D eigenvalue weighted by Crippen LogP contribution is -2.20. The Morgan fingerprint density at radius 1 is 1.08 bits per heavy atom. The SMILES string of the molecule is O=C(/C=C/c1cccc([N+](=O)[O-])c1)Nc1nc2n(n1)C(c1ccc(Cl)cc1)C=C(c1ccccc1)N2. The molecule has 4 aromatic rings. The summed E-state index contributed by atoms with van der Waals surface area (Å²) in [5.74, 6) is 0.117. The zero-order valence-corrected chi connectivity index (χ0v) is 19.5. The Bertz CT molecular complexity index is 1500. The zero-order chi connectivity index (χ0) is 25.1. The van der Waals surface area contributed by atoms with Crippen LogP contribution in [0, 0.1) is 10.1 Å². The van der Waals surface area contributed by atoms with Crippen LogP contribution in [-0.4, -0.2) is 25.6 Å². The summed E-state index contributed by atoms with van der Waals surface area (Å²) < 4.78 is 1.69. The maximum atomic E-state index is 12.5. The van der Waals surface area contributed by atoms with Crippen LogP contribution >= 0.6 is 11.6 Å². The van der Waals surface area contributed by atoms with E-state index in [0.29, 0.717) is 16.5 Å². The molecule has 0 spiro atoms. The Morgan fingerprint density at radius 2 is 1.86 bits per heavy atom. The first-order valence-corrected chi connectivity index (χ1v) is 11.3. The molecule has 5 rings (SSSR count). The summed E-state index contributed by atoms with van der Waals surface area (Å²) in [5.41, 5.74) is 3.26. The lowest BCUT2D eigenvalue weighted by Gasteiger charge is -2.24. The molecule has 0 saturated carbocycles. The summed E-state index contributed by atoms with van der Waals surface area (Å²) in [4.78, 5) is 27.5. The van der Waals surface area contributed by atoms with E-state index >= 15 is 0 Å². The quantitative estimate of drug-likeness (QED) is 0.205. The third-order valence-electron chi connectivity index (χ3n) is 5.51. The Kier molecular flexibility index (Phi) is 6.29. The van der Waals surface area contributed by atoms with Crippen LogP contribution in [0.3, 0.4) is 0 Å². The van der Waals surface area contributed by atoms with Crippen molar-refractivity contribution in [2.75, 3.05) is 10.6 Å². The van der Waals surface area contributed by atoms with Gasteiger partial charge in [-0.15, -0.1) is 5.10 Å². The summed E-state index contributed by atoms with van der Waals surface area (Å²) in [6.07, 6.45) is 4.80. The van der Waals surface area contributed by atoms with Crippen molar-refractivity contribution < 1.29 is 9.72 Å². The number of aromatic nitrogens is 3. The van der Waals surface area contributed by atoms with Crippen molar-refractivity contribution >= 4 is 46.9 Å². The molecule has 2 heterocycles. The first-order chi connectivity index (χ1) is 17.5. The number of nitrogens with one attached hydrogen (secondary N) is 2. The van der Waals surface area contributed by atoms with Crippen LogP contribution in [0.5, 0.6) is 0 Å². The van der Waals surface area contributed by atoms with Gasteiger partial charge in [-0.05, 0) is 41.0 Å². The average molecular weight is 499 g/mol. The Balaban J connectivity index is 1.40. The highest BCUT2D eigenvalue weighted by molar-refractivity contribution is 6.30. The molecule has 0 bridgehead atoms. The van der Waals surface area contributed by atoms with Gasteiger partial charge >= 0.3 is 0 Å². The molecule has 1 aliphatic rings. The molecule has 178 valence electrons. The molecule has 0 radical (unpaired) electrons. The molecular weight excluding hydrogens is 480 g/mol. The van der Waals surface area contributed by atoms with Gasteiger partial charge in [0.25, 0.3) is 17.5 Å². The molecule has 0 saturated heterocycles. The van der Waals surface area contributed by atoms with E-state index in [4.69, 9.17) is 11.6 Å². The van der Waals surface area contributed by atoms with Crippen molar-refractivity contribution in [1.82, 2.24) is 14.8 Å². The monoisotopic (exact) mass is 498 g/mol.